The largest absolute Gasteiger partial charge is 0.444 e. The lowest BCUT2D eigenvalue weighted by atomic mass is 10.0. The van der Waals surface area contributed by atoms with Gasteiger partial charge in [0, 0.05) is 18.2 Å². The Morgan fingerprint density at radius 2 is 1.86 bits per heavy atom. The number of amides is 1. The van der Waals surface area contributed by atoms with Crippen LogP contribution in [0.1, 0.15) is 53.0 Å². The minimum absolute atomic E-state index is 0.0215. The van der Waals surface area contributed by atoms with Crippen molar-refractivity contribution >= 4 is 23.2 Å². The smallest absolute Gasteiger partial charge is 0.407 e. The van der Waals surface area contributed by atoms with Crippen LogP contribution in [-0.2, 0) is 4.74 Å². The summed E-state index contributed by atoms with van der Waals surface area (Å²) in [5.41, 5.74) is -0.0245. The van der Waals surface area contributed by atoms with Crippen LogP contribution in [0.15, 0.2) is 36.8 Å². The summed E-state index contributed by atoms with van der Waals surface area (Å²) in [5, 5.41) is 26.1. The van der Waals surface area contributed by atoms with Crippen molar-refractivity contribution in [3.8, 4) is 11.9 Å². The highest BCUT2D eigenvalue weighted by Gasteiger charge is 2.24. The molecule has 0 aliphatic heterocycles. The van der Waals surface area contributed by atoms with Gasteiger partial charge in [0.25, 0.3) is 0 Å². The normalized spacial score (nSPS) is 12.8. The van der Waals surface area contributed by atoms with E-state index in [0.717, 1.165) is 17.3 Å². The van der Waals surface area contributed by atoms with E-state index >= 15 is 0 Å². The Morgan fingerprint density at radius 3 is 2.46 bits per heavy atom. The fourth-order valence-corrected chi connectivity index (χ4v) is 3.56. The zero-order valence-corrected chi connectivity index (χ0v) is 21.3. The molecule has 1 aromatic carbocycles. The molecule has 3 N–H and O–H groups in total. The highest BCUT2D eigenvalue weighted by molar-refractivity contribution is 5.72. The number of aromatic nitrogens is 4. The molecule has 12 heteroatoms. The molecule has 3 rings (SSSR count). The van der Waals surface area contributed by atoms with E-state index in [2.05, 4.69) is 31.1 Å². The van der Waals surface area contributed by atoms with Crippen molar-refractivity contribution in [2.75, 3.05) is 10.6 Å². The first-order valence-electron chi connectivity index (χ1n) is 11.8. The minimum Gasteiger partial charge on any atom is -0.444 e. The molecule has 0 radical (unpaired) electrons. The van der Waals surface area contributed by atoms with Gasteiger partial charge in [0.15, 0.2) is 5.82 Å². The Labute approximate surface area is 214 Å². The van der Waals surface area contributed by atoms with Crippen LogP contribution in [-0.4, -0.2) is 43.8 Å². The summed E-state index contributed by atoms with van der Waals surface area (Å²) in [6.45, 7) is 9.07. The maximum absolute atomic E-state index is 14.9. The molecule has 1 amide bonds. The molecule has 196 valence electrons. The molecule has 2 heterocycles. The first-order chi connectivity index (χ1) is 17.5. The molecule has 0 bridgehead atoms. The number of nitrogens with zero attached hydrogens (tertiary/aromatic N) is 5. The average Bonchev–Trinajstić information content (AvgIpc) is 3.34. The summed E-state index contributed by atoms with van der Waals surface area (Å²) in [5.74, 6) is -1.42. The van der Waals surface area contributed by atoms with Crippen LogP contribution < -0.4 is 16.0 Å². The quantitative estimate of drug-likeness (QED) is 0.363. The lowest BCUT2D eigenvalue weighted by Gasteiger charge is -2.28. The maximum Gasteiger partial charge on any atom is 0.407 e. The van der Waals surface area contributed by atoms with Crippen molar-refractivity contribution in [3.63, 3.8) is 0 Å². The van der Waals surface area contributed by atoms with Crippen LogP contribution in [0.25, 0.3) is 5.82 Å². The van der Waals surface area contributed by atoms with Crippen LogP contribution in [0.5, 0.6) is 0 Å². The van der Waals surface area contributed by atoms with E-state index in [9.17, 15) is 18.8 Å². The number of hydrogen-bond donors (Lipinski definition) is 3. The summed E-state index contributed by atoms with van der Waals surface area (Å²) < 4.78 is 34.9. The average molecular weight is 513 g/mol. The first kappa shape index (κ1) is 27.3. The number of halogens is 2. The molecule has 37 heavy (non-hydrogen) atoms. The van der Waals surface area contributed by atoms with Crippen LogP contribution >= 0.6 is 0 Å². The van der Waals surface area contributed by atoms with E-state index in [1.165, 1.54) is 30.7 Å². The Bertz CT molecular complexity index is 1270. The van der Waals surface area contributed by atoms with Crippen molar-refractivity contribution in [3.05, 3.63) is 54.0 Å². The Morgan fingerprint density at radius 1 is 1.16 bits per heavy atom. The van der Waals surface area contributed by atoms with Gasteiger partial charge in [-0.25, -0.2) is 18.6 Å². The molecular weight excluding hydrogens is 482 g/mol. The van der Waals surface area contributed by atoms with Gasteiger partial charge in [0.2, 0.25) is 5.82 Å². The fourth-order valence-electron chi connectivity index (χ4n) is 3.56. The molecule has 0 aliphatic carbocycles. The number of anilines is 3. The van der Waals surface area contributed by atoms with E-state index in [0.29, 0.717) is 6.42 Å². The van der Waals surface area contributed by atoms with E-state index in [-0.39, 0.29) is 34.5 Å². The van der Waals surface area contributed by atoms with Crippen LogP contribution in [0.2, 0.25) is 0 Å². The second-order valence-electron chi connectivity index (χ2n) is 9.44. The van der Waals surface area contributed by atoms with Gasteiger partial charge in [0.05, 0.1) is 41.2 Å². The SMILES string of the molecule is CCC[C@@H](Nc1cc(Nc2cnc(-n3nccn3)c(F)c2)c(C#N)cc1F)[C@H](C)NC(=O)OC(C)(C)C. The second kappa shape index (κ2) is 11.6. The van der Waals surface area contributed by atoms with Gasteiger partial charge in [-0.2, -0.15) is 15.5 Å². The number of hydrogen-bond acceptors (Lipinski definition) is 8. The number of pyridine rings is 1. The molecule has 0 saturated carbocycles. The zero-order chi connectivity index (χ0) is 27.2. The maximum atomic E-state index is 14.9. The van der Waals surface area contributed by atoms with E-state index in [1.54, 1.807) is 27.7 Å². The molecule has 2 atom stereocenters. The Kier molecular flexibility index (Phi) is 8.60. The third kappa shape index (κ3) is 7.36. The minimum atomic E-state index is -0.690. The van der Waals surface area contributed by atoms with Gasteiger partial charge in [0.1, 0.15) is 17.5 Å². The molecule has 0 saturated heterocycles. The molecule has 0 aliphatic rings. The molecule has 0 fully saturated rings. The predicted octanol–water partition coefficient (Wildman–Crippen LogP) is 5.05. The Balaban J connectivity index is 1.83. The lowest BCUT2D eigenvalue weighted by Crippen LogP contribution is -2.46. The predicted molar refractivity (Wildman–Crippen MR) is 135 cm³/mol. The molecule has 10 nitrogen and oxygen atoms in total. The van der Waals surface area contributed by atoms with Gasteiger partial charge in [-0.1, -0.05) is 13.3 Å². The van der Waals surface area contributed by atoms with E-state index in [1.807, 2.05) is 13.0 Å². The van der Waals surface area contributed by atoms with Gasteiger partial charge in [-0.3, -0.25) is 0 Å². The number of benzene rings is 1. The fraction of sp³-hybridized carbons (Fsp3) is 0.400. The number of carbonyl (C=O) groups excluding carboxylic acids is 1. The monoisotopic (exact) mass is 512 g/mol. The van der Waals surface area contributed by atoms with E-state index < -0.39 is 29.4 Å². The van der Waals surface area contributed by atoms with Crippen molar-refractivity contribution in [2.45, 2.75) is 65.1 Å². The van der Waals surface area contributed by atoms with Gasteiger partial charge in [-0.05, 0) is 46.2 Å². The summed E-state index contributed by atoms with van der Waals surface area (Å²) >= 11 is 0. The standard InChI is InChI=1S/C25H30F2N8O2/c1-6-7-20(15(2)32-24(36)37-25(3,4)5)34-22-12-21(16(13-28)10-18(22)26)33-17-11-19(27)23(29-14-17)35-30-8-9-31-35/h8-12,14-15,20,33-34H,6-7H2,1-5H3,(H,32,36)/t15-,20+/m0/s1. The Hall–Kier alpha value is -4.27. The molecular formula is C25H30F2N8O2. The van der Waals surface area contributed by atoms with E-state index in [4.69, 9.17) is 4.74 Å². The van der Waals surface area contributed by atoms with Crippen molar-refractivity contribution in [2.24, 2.45) is 0 Å². The van der Waals surface area contributed by atoms with Crippen LogP contribution in [0, 0.1) is 23.0 Å². The molecule has 3 aromatic rings. The second-order valence-corrected chi connectivity index (χ2v) is 9.44. The highest BCUT2D eigenvalue weighted by atomic mass is 19.1. The number of nitrogens with one attached hydrogen (secondary N) is 3. The molecule has 2 aromatic heterocycles. The molecule has 0 unspecified atom stereocenters. The summed E-state index contributed by atoms with van der Waals surface area (Å²) in [6, 6.07) is 4.89. The van der Waals surface area contributed by atoms with Crippen molar-refractivity contribution in [1.29, 1.82) is 5.26 Å². The van der Waals surface area contributed by atoms with Gasteiger partial charge in [-0.15, -0.1) is 4.80 Å². The van der Waals surface area contributed by atoms with Crippen LogP contribution in [0.3, 0.4) is 0 Å². The topological polar surface area (TPSA) is 130 Å². The summed E-state index contributed by atoms with van der Waals surface area (Å²) in [4.78, 5) is 17.3. The third-order valence-corrected chi connectivity index (χ3v) is 5.23. The highest BCUT2D eigenvalue weighted by Crippen LogP contribution is 2.29. The number of rotatable bonds is 9. The van der Waals surface area contributed by atoms with Gasteiger partial charge >= 0.3 is 6.09 Å². The van der Waals surface area contributed by atoms with Crippen molar-refractivity contribution in [1.82, 2.24) is 25.3 Å². The van der Waals surface area contributed by atoms with Gasteiger partial charge < -0.3 is 20.7 Å². The number of nitriles is 1. The first-order valence-corrected chi connectivity index (χ1v) is 11.8. The number of carbonyl (C=O) groups is 1. The summed E-state index contributed by atoms with van der Waals surface area (Å²) in [6.07, 6.45) is 4.96. The lowest BCUT2D eigenvalue weighted by molar-refractivity contribution is 0.0502. The third-order valence-electron chi connectivity index (χ3n) is 5.23. The molecule has 0 spiro atoms. The van der Waals surface area contributed by atoms with Crippen molar-refractivity contribution < 1.29 is 18.3 Å². The zero-order valence-electron chi connectivity index (χ0n) is 21.3. The summed E-state index contributed by atoms with van der Waals surface area (Å²) in [7, 11) is 0. The number of ether oxygens (including phenoxy) is 1. The number of alkyl carbamates (subject to hydrolysis) is 1. The van der Waals surface area contributed by atoms with Crippen LogP contribution in [0.4, 0.5) is 30.6 Å².